The molecule has 1 saturated heterocycles. The summed E-state index contributed by atoms with van der Waals surface area (Å²) >= 11 is 1.77. The third-order valence-corrected chi connectivity index (χ3v) is 4.64. The molecule has 106 valence electrons. The van der Waals surface area contributed by atoms with Gasteiger partial charge in [0, 0.05) is 12.1 Å². The van der Waals surface area contributed by atoms with E-state index in [-0.39, 0.29) is 11.2 Å². The highest BCUT2D eigenvalue weighted by molar-refractivity contribution is 8.00. The number of hydrogen-bond acceptors (Lipinski definition) is 3. The van der Waals surface area contributed by atoms with Crippen molar-refractivity contribution in [3.05, 3.63) is 35.4 Å². The maximum absolute atomic E-state index is 12.1. The van der Waals surface area contributed by atoms with Gasteiger partial charge in [-0.15, -0.1) is 11.8 Å². The summed E-state index contributed by atoms with van der Waals surface area (Å²) in [7, 11) is 0. The van der Waals surface area contributed by atoms with Crippen molar-refractivity contribution in [2.45, 2.75) is 31.1 Å². The predicted molar refractivity (Wildman–Crippen MR) is 84.3 cm³/mol. The summed E-state index contributed by atoms with van der Waals surface area (Å²) in [6.45, 7) is 0.880. The maximum Gasteiger partial charge on any atom is 0.233 e. The first-order valence-corrected chi connectivity index (χ1v) is 8.02. The number of hydrogen-bond donors (Lipinski definition) is 2. The van der Waals surface area contributed by atoms with E-state index in [4.69, 9.17) is 5.73 Å². The SMILES string of the molecule is NCC#Cc1ccccc1CNC(=O)C1CCCCS1. The van der Waals surface area contributed by atoms with E-state index in [0.717, 1.165) is 29.7 Å². The van der Waals surface area contributed by atoms with Crippen LogP contribution in [0.5, 0.6) is 0 Å². The Labute approximate surface area is 124 Å². The van der Waals surface area contributed by atoms with Crippen molar-refractivity contribution < 1.29 is 4.79 Å². The molecule has 1 amide bonds. The molecule has 0 aliphatic carbocycles. The van der Waals surface area contributed by atoms with E-state index in [2.05, 4.69) is 17.2 Å². The van der Waals surface area contributed by atoms with E-state index in [1.165, 1.54) is 6.42 Å². The number of carbonyl (C=O) groups is 1. The normalized spacial score (nSPS) is 17.9. The molecule has 0 aromatic heterocycles. The average Bonchev–Trinajstić information content (AvgIpc) is 2.52. The molecule has 4 heteroatoms. The summed E-state index contributed by atoms with van der Waals surface area (Å²) in [4.78, 5) is 12.1. The molecule has 0 saturated carbocycles. The van der Waals surface area contributed by atoms with Gasteiger partial charge in [0.05, 0.1) is 11.8 Å². The lowest BCUT2D eigenvalue weighted by atomic mass is 10.1. The molecule has 1 aromatic carbocycles. The van der Waals surface area contributed by atoms with Crippen LogP contribution in [0.15, 0.2) is 24.3 Å². The Bertz CT molecular complexity index is 513. The lowest BCUT2D eigenvalue weighted by Crippen LogP contribution is -2.33. The molecule has 0 spiro atoms. The summed E-state index contributed by atoms with van der Waals surface area (Å²) < 4.78 is 0. The highest BCUT2D eigenvalue weighted by Gasteiger charge is 2.21. The molecule has 0 bridgehead atoms. The van der Waals surface area contributed by atoms with E-state index in [1.54, 1.807) is 11.8 Å². The topological polar surface area (TPSA) is 55.1 Å². The van der Waals surface area contributed by atoms with Gasteiger partial charge in [0.25, 0.3) is 0 Å². The fourth-order valence-corrected chi connectivity index (χ4v) is 3.41. The number of benzene rings is 1. The molecule has 2 rings (SSSR count). The molecule has 1 atom stereocenters. The third kappa shape index (κ3) is 4.29. The highest BCUT2D eigenvalue weighted by Crippen LogP contribution is 2.25. The van der Waals surface area contributed by atoms with Crippen molar-refractivity contribution in [3.8, 4) is 11.8 Å². The number of carbonyl (C=O) groups excluding carboxylic acids is 1. The second-order valence-electron chi connectivity index (χ2n) is 4.74. The van der Waals surface area contributed by atoms with E-state index < -0.39 is 0 Å². The van der Waals surface area contributed by atoms with Crippen LogP contribution in [-0.2, 0) is 11.3 Å². The number of nitrogens with two attached hydrogens (primary N) is 1. The van der Waals surface area contributed by atoms with Crippen molar-refractivity contribution in [1.82, 2.24) is 5.32 Å². The van der Waals surface area contributed by atoms with Crippen molar-refractivity contribution in [2.24, 2.45) is 5.73 Å². The van der Waals surface area contributed by atoms with Gasteiger partial charge in [-0.2, -0.15) is 0 Å². The highest BCUT2D eigenvalue weighted by atomic mass is 32.2. The fraction of sp³-hybridized carbons (Fsp3) is 0.438. The van der Waals surface area contributed by atoms with Crippen LogP contribution in [0.25, 0.3) is 0 Å². The zero-order chi connectivity index (χ0) is 14.2. The number of thioether (sulfide) groups is 1. The molecule has 1 unspecified atom stereocenters. The van der Waals surface area contributed by atoms with E-state index >= 15 is 0 Å². The Morgan fingerprint density at radius 2 is 2.25 bits per heavy atom. The predicted octanol–water partition coefficient (Wildman–Crippen LogP) is 1.90. The zero-order valence-electron chi connectivity index (χ0n) is 11.5. The molecule has 1 aliphatic rings. The van der Waals surface area contributed by atoms with Crippen LogP contribution >= 0.6 is 11.8 Å². The Morgan fingerprint density at radius 3 is 3.00 bits per heavy atom. The minimum Gasteiger partial charge on any atom is -0.351 e. The first-order chi connectivity index (χ1) is 9.81. The van der Waals surface area contributed by atoms with E-state index in [0.29, 0.717) is 13.1 Å². The standard InChI is InChI=1S/C16H20N2OS/c17-10-5-8-13-6-1-2-7-14(13)12-18-16(19)15-9-3-4-11-20-15/h1-2,6-7,15H,3-4,9-12,17H2,(H,18,19). The first kappa shape index (κ1) is 15.0. The summed E-state index contributed by atoms with van der Waals surface area (Å²) in [5.74, 6) is 7.14. The van der Waals surface area contributed by atoms with Crippen LogP contribution in [0, 0.1) is 11.8 Å². The van der Waals surface area contributed by atoms with Gasteiger partial charge in [0.1, 0.15) is 0 Å². The van der Waals surface area contributed by atoms with Crippen LogP contribution in [0.2, 0.25) is 0 Å². The Balaban J connectivity index is 1.94. The summed E-state index contributed by atoms with van der Waals surface area (Å²) in [5.41, 5.74) is 7.38. The first-order valence-electron chi connectivity index (χ1n) is 6.97. The molecular formula is C16H20N2OS. The van der Waals surface area contributed by atoms with Gasteiger partial charge in [-0.3, -0.25) is 4.79 Å². The minimum atomic E-state index is 0.117. The minimum absolute atomic E-state index is 0.117. The van der Waals surface area contributed by atoms with E-state index in [1.807, 2.05) is 24.3 Å². The summed E-state index contributed by atoms with van der Waals surface area (Å²) in [6.07, 6.45) is 3.38. The summed E-state index contributed by atoms with van der Waals surface area (Å²) in [6, 6.07) is 7.86. The maximum atomic E-state index is 12.1. The smallest absolute Gasteiger partial charge is 0.233 e. The Kier molecular flexibility index (Phi) is 5.97. The largest absolute Gasteiger partial charge is 0.351 e. The third-order valence-electron chi connectivity index (χ3n) is 3.27. The van der Waals surface area contributed by atoms with Crippen LogP contribution in [0.1, 0.15) is 30.4 Å². The Morgan fingerprint density at radius 1 is 1.40 bits per heavy atom. The van der Waals surface area contributed by atoms with Crippen LogP contribution in [0.4, 0.5) is 0 Å². The number of nitrogens with one attached hydrogen (secondary N) is 1. The quantitative estimate of drug-likeness (QED) is 0.835. The number of amides is 1. The lowest BCUT2D eigenvalue weighted by molar-refractivity contribution is -0.120. The molecule has 1 aromatic rings. The molecule has 20 heavy (non-hydrogen) atoms. The molecular weight excluding hydrogens is 268 g/mol. The van der Waals surface area contributed by atoms with Crippen LogP contribution in [-0.4, -0.2) is 23.5 Å². The molecule has 3 nitrogen and oxygen atoms in total. The van der Waals surface area contributed by atoms with Gasteiger partial charge >= 0.3 is 0 Å². The number of rotatable bonds is 3. The fourth-order valence-electron chi connectivity index (χ4n) is 2.19. The monoisotopic (exact) mass is 288 g/mol. The van der Waals surface area contributed by atoms with Crippen molar-refractivity contribution in [3.63, 3.8) is 0 Å². The van der Waals surface area contributed by atoms with Gasteiger partial charge in [-0.1, -0.05) is 36.5 Å². The average molecular weight is 288 g/mol. The lowest BCUT2D eigenvalue weighted by Gasteiger charge is -2.20. The Hall–Kier alpha value is -1.44. The van der Waals surface area contributed by atoms with Crippen molar-refractivity contribution in [2.75, 3.05) is 12.3 Å². The molecule has 1 fully saturated rings. The summed E-state index contributed by atoms with van der Waals surface area (Å²) in [5, 5.41) is 3.14. The van der Waals surface area contributed by atoms with Gasteiger partial charge < -0.3 is 11.1 Å². The van der Waals surface area contributed by atoms with Crippen molar-refractivity contribution >= 4 is 17.7 Å². The van der Waals surface area contributed by atoms with Gasteiger partial charge in [-0.05, 0) is 30.2 Å². The van der Waals surface area contributed by atoms with Gasteiger partial charge in [0.15, 0.2) is 0 Å². The molecule has 3 N–H and O–H groups in total. The van der Waals surface area contributed by atoms with Gasteiger partial charge in [0.2, 0.25) is 5.91 Å². The second kappa shape index (κ2) is 7.98. The molecule has 1 heterocycles. The van der Waals surface area contributed by atoms with Crippen molar-refractivity contribution in [1.29, 1.82) is 0 Å². The van der Waals surface area contributed by atoms with E-state index in [9.17, 15) is 4.79 Å². The van der Waals surface area contributed by atoms with Crippen LogP contribution in [0.3, 0.4) is 0 Å². The van der Waals surface area contributed by atoms with Crippen LogP contribution < -0.4 is 11.1 Å². The molecule has 0 radical (unpaired) electrons. The van der Waals surface area contributed by atoms with Gasteiger partial charge in [-0.25, -0.2) is 0 Å². The molecule has 1 aliphatic heterocycles. The zero-order valence-corrected chi connectivity index (χ0v) is 12.3. The second-order valence-corrected chi connectivity index (χ2v) is 6.05.